The highest BCUT2D eigenvalue weighted by Crippen LogP contribution is 2.28. The molecule has 0 spiro atoms. The van der Waals surface area contributed by atoms with Crippen LogP contribution in [0.1, 0.15) is 57.9 Å². The third-order valence-corrected chi connectivity index (χ3v) is 8.12. The van der Waals surface area contributed by atoms with Crippen molar-refractivity contribution in [1.82, 2.24) is 34.7 Å². The number of imidazole rings is 1. The number of hydrogen-bond donors (Lipinski definition) is 2. The quantitative estimate of drug-likeness (QED) is 0.269. The molecule has 1 fully saturated rings. The first-order valence-corrected chi connectivity index (χ1v) is 14.5. The zero-order valence-corrected chi connectivity index (χ0v) is 24.3. The van der Waals surface area contributed by atoms with Crippen LogP contribution >= 0.6 is 11.6 Å². The van der Waals surface area contributed by atoms with E-state index in [-0.39, 0.29) is 41.7 Å². The number of para-hydroxylation sites is 2. The van der Waals surface area contributed by atoms with Crippen molar-refractivity contribution in [2.75, 3.05) is 0 Å². The first kappa shape index (κ1) is 28.4. The van der Waals surface area contributed by atoms with Crippen LogP contribution in [0.25, 0.3) is 16.7 Å². The number of fused-ring (bicyclic) bond motifs is 1. The predicted octanol–water partition coefficient (Wildman–Crippen LogP) is 4.45. The molecular formula is C31H30ClN7O4. The molecule has 0 radical (unpaired) electrons. The lowest BCUT2D eigenvalue weighted by Gasteiger charge is -2.29. The second kappa shape index (κ2) is 12.2. The van der Waals surface area contributed by atoms with Crippen LogP contribution in [0.3, 0.4) is 0 Å². The monoisotopic (exact) mass is 599 g/mol. The van der Waals surface area contributed by atoms with Gasteiger partial charge in [-0.2, -0.15) is 0 Å². The third-order valence-electron chi connectivity index (χ3n) is 7.91. The first-order chi connectivity index (χ1) is 20.9. The lowest BCUT2D eigenvalue weighted by atomic mass is 9.85. The van der Waals surface area contributed by atoms with Crippen LogP contribution in [0, 0.1) is 12.8 Å². The van der Waals surface area contributed by atoms with E-state index in [1.807, 2.05) is 28.8 Å². The van der Waals surface area contributed by atoms with Gasteiger partial charge in [-0.1, -0.05) is 23.7 Å². The van der Waals surface area contributed by atoms with Gasteiger partial charge in [-0.15, -0.1) is 0 Å². The summed E-state index contributed by atoms with van der Waals surface area (Å²) >= 11 is 6.05. The van der Waals surface area contributed by atoms with Gasteiger partial charge < -0.3 is 15.1 Å². The molecule has 1 aliphatic carbocycles. The molecule has 43 heavy (non-hydrogen) atoms. The number of nitrogens with zero attached hydrogens (tertiary/aromatic N) is 5. The van der Waals surface area contributed by atoms with E-state index in [4.69, 9.17) is 16.0 Å². The summed E-state index contributed by atoms with van der Waals surface area (Å²) in [6.07, 6.45) is 9.23. The average molecular weight is 600 g/mol. The van der Waals surface area contributed by atoms with Gasteiger partial charge in [0.25, 0.3) is 11.8 Å². The van der Waals surface area contributed by atoms with Crippen LogP contribution < -0.4 is 16.3 Å². The van der Waals surface area contributed by atoms with E-state index < -0.39 is 0 Å². The Bertz CT molecular complexity index is 1820. The maximum Gasteiger partial charge on any atom is 0.333 e. The van der Waals surface area contributed by atoms with Gasteiger partial charge in [-0.3, -0.25) is 23.7 Å². The number of oxazole rings is 1. The molecule has 4 heterocycles. The number of benzene rings is 1. The summed E-state index contributed by atoms with van der Waals surface area (Å²) < 4.78 is 8.37. The summed E-state index contributed by atoms with van der Waals surface area (Å²) in [5.74, 6) is -0.230. The largest absolute Gasteiger partial charge is 0.451 e. The summed E-state index contributed by atoms with van der Waals surface area (Å²) in [5, 5.41) is 6.31. The Hall–Kier alpha value is -4.77. The molecule has 0 atom stereocenters. The second-order valence-corrected chi connectivity index (χ2v) is 11.2. The molecule has 4 aromatic heterocycles. The molecule has 0 bridgehead atoms. The summed E-state index contributed by atoms with van der Waals surface area (Å²) in [6, 6.07) is 12.7. The van der Waals surface area contributed by atoms with Gasteiger partial charge in [0.1, 0.15) is 12.0 Å². The van der Waals surface area contributed by atoms with Crippen LogP contribution in [0.4, 0.5) is 0 Å². The molecule has 6 rings (SSSR count). The minimum absolute atomic E-state index is 0.0536. The van der Waals surface area contributed by atoms with Crippen LogP contribution in [0.2, 0.25) is 5.02 Å². The minimum atomic E-state index is -0.351. The first-order valence-electron chi connectivity index (χ1n) is 14.1. The minimum Gasteiger partial charge on any atom is -0.451 e. The van der Waals surface area contributed by atoms with E-state index in [2.05, 4.69) is 25.6 Å². The molecule has 12 heteroatoms. The standard InChI is InChI=1S/C31H30ClN7O4/c1-19-25(12-21(32)13-33-19)29(40)37-22-8-6-20(7-9-22)16-38-27-4-2-3-5-28(27)39(31(38)42)24-10-11-26(34-15-24)30(41)35-14-23-17-43-18-36-23/h2-5,10-13,15,17-18,20,22H,6-9,14,16H2,1H3,(H,35,41)(H,37,40). The summed E-state index contributed by atoms with van der Waals surface area (Å²) in [6.45, 7) is 2.58. The van der Waals surface area contributed by atoms with Crippen LogP contribution in [0.15, 0.2) is 76.7 Å². The second-order valence-electron chi connectivity index (χ2n) is 10.8. The zero-order chi connectivity index (χ0) is 29.9. The van der Waals surface area contributed by atoms with Crippen molar-refractivity contribution >= 4 is 34.4 Å². The van der Waals surface area contributed by atoms with Crippen molar-refractivity contribution < 1.29 is 14.0 Å². The molecular weight excluding hydrogens is 570 g/mol. The smallest absolute Gasteiger partial charge is 0.333 e. The Kier molecular flexibility index (Phi) is 8.06. The van der Waals surface area contributed by atoms with E-state index in [9.17, 15) is 14.4 Å². The number of nitrogens with one attached hydrogen (secondary N) is 2. The van der Waals surface area contributed by atoms with Gasteiger partial charge in [-0.25, -0.2) is 14.8 Å². The maximum atomic E-state index is 13.8. The van der Waals surface area contributed by atoms with E-state index in [0.29, 0.717) is 34.2 Å². The Morgan fingerprint density at radius 2 is 1.79 bits per heavy atom. The Morgan fingerprint density at radius 1 is 1.00 bits per heavy atom. The molecule has 2 amide bonds. The van der Waals surface area contributed by atoms with E-state index >= 15 is 0 Å². The third kappa shape index (κ3) is 6.07. The number of hydrogen-bond acceptors (Lipinski definition) is 7. The van der Waals surface area contributed by atoms with Crippen LogP contribution in [0.5, 0.6) is 0 Å². The molecule has 2 N–H and O–H groups in total. The number of halogens is 1. The Morgan fingerprint density at radius 3 is 2.51 bits per heavy atom. The average Bonchev–Trinajstić information content (AvgIpc) is 3.64. The number of pyridine rings is 2. The number of amides is 2. The van der Waals surface area contributed by atoms with Crippen LogP contribution in [-0.2, 0) is 13.1 Å². The normalized spacial score (nSPS) is 16.7. The maximum absolute atomic E-state index is 13.8. The predicted molar refractivity (Wildman–Crippen MR) is 160 cm³/mol. The fourth-order valence-electron chi connectivity index (χ4n) is 5.62. The van der Waals surface area contributed by atoms with Crippen molar-refractivity contribution in [2.24, 2.45) is 5.92 Å². The van der Waals surface area contributed by atoms with Gasteiger partial charge in [0.15, 0.2) is 6.39 Å². The van der Waals surface area contributed by atoms with Gasteiger partial charge in [-0.05, 0) is 68.9 Å². The van der Waals surface area contributed by atoms with Crippen molar-refractivity contribution in [2.45, 2.75) is 51.7 Å². The van der Waals surface area contributed by atoms with Crippen molar-refractivity contribution in [3.8, 4) is 5.69 Å². The highest BCUT2D eigenvalue weighted by atomic mass is 35.5. The fourth-order valence-corrected chi connectivity index (χ4v) is 5.78. The van der Waals surface area contributed by atoms with E-state index in [0.717, 1.165) is 36.7 Å². The molecule has 0 aliphatic heterocycles. The molecule has 0 unspecified atom stereocenters. The molecule has 11 nitrogen and oxygen atoms in total. The van der Waals surface area contributed by atoms with Gasteiger partial charge in [0, 0.05) is 18.8 Å². The van der Waals surface area contributed by atoms with Crippen molar-refractivity contribution in [1.29, 1.82) is 0 Å². The lowest BCUT2D eigenvalue weighted by Crippen LogP contribution is -2.39. The topological polar surface area (TPSA) is 137 Å². The van der Waals surface area contributed by atoms with Crippen LogP contribution in [-0.4, -0.2) is 41.9 Å². The highest BCUT2D eigenvalue weighted by Gasteiger charge is 2.26. The Balaban J connectivity index is 1.14. The SMILES string of the molecule is Cc1ncc(Cl)cc1C(=O)NC1CCC(Cn2c(=O)n(-c3ccc(C(=O)NCc4cocn4)nc3)c3ccccc32)CC1. The molecule has 5 aromatic rings. The number of carbonyl (C=O) groups is 2. The molecule has 0 saturated heterocycles. The number of rotatable bonds is 8. The van der Waals surface area contributed by atoms with Crippen molar-refractivity contribution in [3.63, 3.8) is 0 Å². The summed E-state index contributed by atoms with van der Waals surface area (Å²) in [5.41, 5.74) is 3.98. The highest BCUT2D eigenvalue weighted by molar-refractivity contribution is 6.30. The summed E-state index contributed by atoms with van der Waals surface area (Å²) in [7, 11) is 0. The van der Waals surface area contributed by atoms with Crippen molar-refractivity contribution in [3.05, 3.63) is 106 Å². The van der Waals surface area contributed by atoms with Gasteiger partial charge in [0.2, 0.25) is 0 Å². The Labute approximate surface area is 251 Å². The van der Waals surface area contributed by atoms with Gasteiger partial charge >= 0.3 is 5.69 Å². The fraction of sp³-hybridized carbons (Fsp3) is 0.290. The lowest BCUT2D eigenvalue weighted by molar-refractivity contribution is 0.0917. The number of aryl methyl sites for hydroxylation is 1. The number of carbonyl (C=O) groups excluding carboxylic acids is 2. The molecule has 220 valence electrons. The molecule has 1 saturated carbocycles. The number of aromatic nitrogens is 5. The molecule has 1 aromatic carbocycles. The zero-order valence-electron chi connectivity index (χ0n) is 23.5. The molecule has 1 aliphatic rings. The summed E-state index contributed by atoms with van der Waals surface area (Å²) in [4.78, 5) is 51.6. The van der Waals surface area contributed by atoms with E-state index in [1.54, 1.807) is 29.7 Å². The van der Waals surface area contributed by atoms with Gasteiger partial charge in [0.05, 0.1) is 51.4 Å². The van der Waals surface area contributed by atoms with E-state index in [1.165, 1.54) is 25.1 Å².